The number of anilines is 2. The summed E-state index contributed by atoms with van der Waals surface area (Å²) < 4.78 is 6.16. The first-order valence-electron chi connectivity index (χ1n) is 13.8. The van der Waals surface area contributed by atoms with Crippen LogP contribution < -0.4 is 16.0 Å². The lowest BCUT2D eigenvalue weighted by Crippen LogP contribution is -2.28. The van der Waals surface area contributed by atoms with Crippen molar-refractivity contribution in [2.24, 2.45) is 5.92 Å². The highest BCUT2D eigenvalue weighted by Crippen LogP contribution is 2.36. The van der Waals surface area contributed by atoms with E-state index in [1.54, 1.807) is 42.5 Å². The van der Waals surface area contributed by atoms with Crippen molar-refractivity contribution in [1.82, 2.24) is 35.5 Å². The van der Waals surface area contributed by atoms with Crippen LogP contribution in [0.5, 0.6) is 0 Å². The molecule has 13 nitrogen and oxygen atoms in total. The maximum absolute atomic E-state index is 13.2. The number of carbonyl (C=O) groups is 3. The Bertz CT molecular complexity index is 1700. The molecule has 2 aromatic heterocycles. The van der Waals surface area contributed by atoms with Crippen molar-refractivity contribution >= 4 is 58.6 Å². The van der Waals surface area contributed by atoms with Gasteiger partial charge in [-0.15, -0.1) is 5.10 Å². The number of amides is 3. The van der Waals surface area contributed by atoms with Crippen LogP contribution in [-0.2, 0) is 14.3 Å². The van der Waals surface area contributed by atoms with Crippen LogP contribution >= 0.6 is 23.2 Å². The minimum Gasteiger partial charge on any atom is -0.453 e. The Morgan fingerprint density at radius 1 is 1.16 bits per heavy atom. The van der Waals surface area contributed by atoms with E-state index in [0.717, 1.165) is 6.42 Å². The van der Waals surface area contributed by atoms with Crippen LogP contribution in [0.1, 0.15) is 50.0 Å². The standard InChI is InChI=1S/C29H29Cl2N9O4/c1-16-4-3-5-21(34-24(41)11-6-17-13-18(30)7-10-23(17)40-15-32-38-39-40)28-36-26(27(31)37-28)20-9-8-19(33-29(43)44-2)14-22(20)35-25(42)12-16/h6-11,13-16,21H,3-5,12H2,1-2H3,(H,33,43)(H,34,41)(H,35,42)(H,36,37)/b11-6+/t16-,21-/m0/s1. The quantitative estimate of drug-likeness (QED) is 0.206. The van der Waals surface area contributed by atoms with Crippen LogP contribution in [0.4, 0.5) is 16.2 Å². The zero-order chi connectivity index (χ0) is 31.2. The van der Waals surface area contributed by atoms with Gasteiger partial charge in [-0.25, -0.2) is 9.78 Å². The number of carbonyl (C=O) groups excluding carboxylic acids is 3. The number of hydrogen-bond acceptors (Lipinski definition) is 8. The number of hydrogen-bond donors (Lipinski definition) is 4. The van der Waals surface area contributed by atoms with Gasteiger partial charge < -0.3 is 20.4 Å². The largest absolute Gasteiger partial charge is 0.453 e. The third-order valence-electron chi connectivity index (χ3n) is 7.03. The topological polar surface area (TPSA) is 169 Å². The van der Waals surface area contributed by atoms with Gasteiger partial charge in [0.2, 0.25) is 11.8 Å². The first kappa shape index (κ1) is 30.7. The average Bonchev–Trinajstić information content (AvgIpc) is 3.65. The molecule has 2 bridgehead atoms. The van der Waals surface area contributed by atoms with Gasteiger partial charge in [0.25, 0.3) is 0 Å². The van der Waals surface area contributed by atoms with Gasteiger partial charge in [-0.05, 0) is 65.2 Å². The fraction of sp³-hybridized carbons (Fsp3) is 0.276. The highest BCUT2D eigenvalue weighted by atomic mass is 35.5. The van der Waals surface area contributed by atoms with Crippen LogP contribution in [0.15, 0.2) is 48.8 Å². The lowest BCUT2D eigenvalue weighted by atomic mass is 9.98. The number of ether oxygens (including phenoxy) is 1. The van der Waals surface area contributed by atoms with Crippen LogP contribution in [0.2, 0.25) is 10.2 Å². The molecule has 0 saturated heterocycles. The predicted molar refractivity (Wildman–Crippen MR) is 165 cm³/mol. The van der Waals surface area contributed by atoms with E-state index >= 15 is 0 Å². The zero-order valence-electron chi connectivity index (χ0n) is 23.8. The van der Waals surface area contributed by atoms with E-state index in [1.165, 1.54) is 24.2 Å². The number of benzene rings is 2. The molecule has 2 atom stereocenters. The van der Waals surface area contributed by atoms with E-state index < -0.39 is 12.1 Å². The normalized spacial score (nSPS) is 17.0. The second kappa shape index (κ2) is 13.7. The Kier molecular flexibility index (Phi) is 9.56. The zero-order valence-corrected chi connectivity index (χ0v) is 25.3. The average molecular weight is 639 g/mol. The highest BCUT2D eigenvalue weighted by molar-refractivity contribution is 6.32. The molecular formula is C29H29Cl2N9O4. The van der Waals surface area contributed by atoms with Crippen molar-refractivity contribution in [2.75, 3.05) is 17.7 Å². The number of imidazole rings is 1. The van der Waals surface area contributed by atoms with E-state index in [0.29, 0.717) is 57.6 Å². The van der Waals surface area contributed by atoms with Gasteiger partial charge in [0.1, 0.15) is 23.0 Å². The van der Waals surface area contributed by atoms with Crippen molar-refractivity contribution in [3.05, 3.63) is 70.4 Å². The molecule has 15 heteroatoms. The van der Waals surface area contributed by atoms with E-state index in [4.69, 9.17) is 28.2 Å². The summed E-state index contributed by atoms with van der Waals surface area (Å²) >= 11 is 12.8. The van der Waals surface area contributed by atoms with Gasteiger partial charge in [-0.1, -0.05) is 43.0 Å². The summed E-state index contributed by atoms with van der Waals surface area (Å²) in [5, 5.41) is 20.6. The molecule has 0 fully saturated rings. The first-order chi connectivity index (χ1) is 21.2. The molecule has 2 aromatic carbocycles. The number of tetrazole rings is 1. The summed E-state index contributed by atoms with van der Waals surface area (Å²) in [5.41, 5.74) is 3.04. The van der Waals surface area contributed by atoms with Gasteiger partial charge in [0.15, 0.2) is 0 Å². The van der Waals surface area contributed by atoms with Crippen LogP contribution in [0.3, 0.4) is 0 Å². The number of rotatable bonds is 5. The summed E-state index contributed by atoms with van der Waals surface area (Å²) in [6.45, 7) is 2.00. The van der Waals surface area contributed by atoms with Gasteiger partial charge >= 0.3 is 6.09 Å². The lowest BCUT2D eigenvalue weighted by molar-refractivity contribution is -0.117. The molecule has 0 unspecified atom stereocenters. The molecule has 5 rings (SSSR count). The summed E-state index contributed by atoms with van der Waals surface area (Å²) in [6.07, 6.45) is 6.14. The third kappa shape index (κ3) is 7.41. The Labute approximate surface area is 262 Å². The molecule has 4 N–H and O–H groups in total. The van der Waals surface area contributed by atoms with Crippen molar-refractivity contribution in [2.45, 2.75) is 38.6 Å². The van der Waals surface area contributed by atoms with E-state index in [9.17, 15) is 14.4 Å². The molecule has 0 radical (unpaired) electrons. The number of nitrogens with zero attached hydrogens (tertiary/aromatic N) is 5. The van der Waals surface area contributed by atoms with Gasteiger partial charge in [0, 0.05) is 34.3 Å². The fourth-order valence-corrected chi connectivity index (χ4v) is 5.33. The Hall–Kier alpha value is -4.75. The number of aromatic nitrogens is 6. The fourth-order valence-electron chi connectivity index (χ4n) is 4.91. The summed E-state index contributed by atoms with van der Waals surface area (Å²) in [5.74, 6) is -0.00365. The van der Waals surface area contributed by atoms with Gasteiger partial charge in [-0.2, -0.15) is 4.68 Å². The second-order valence-electron chi connectivity index (χ2n) is 10.3. The predicted octanol–water partition coefficient (Wildman–Crippen LogP) is 5.56. The molecule has 228 valence electrons. The van der Waals surface area contributed by atoms with Crippen LogP contribution in [-0.4, -0.2) is 55.2 Å². The maximum Gasteiger partial charge on any atom is 0.411 e. The number of methoxy groups -OCH3 is 1. The van der Waals surface area contributed by atoms with Crippen molar-refractivity contribution in [1.29, 1.82) is 0 Å². The summed E-state index contributed by atoms with van der Waals surface area (Å²) in [7, 11) is 1.26. The van der Waals surface area contributed by atoms with Crippen molar-refractivity contribution < 1.29 is 19.1 Å². The van der Waals surface area contributed by atoms with Crippen molar-refractivity contribution in [3.8, 4) is 16.9 Å². The molecule has 3 amide bonds. The number of fused-ring (bicyclic) bond motifs is 4. The Morgan fingerprint density at radius 3 is 2.77 bits per heavy atom. The van der Waals surface area contributed by atoms with E-state index in [2.05, 4.69) is 41.2 Å². The third-order valence-corrected chi connectivity index (χ3v) is 7.54. The SMILES string of the molecule is COC(=O)Nc1ccc2c(c1)NC(=O)C[C@@H](C)CCC[C@H](NC(=O)/C=C/c1cc(Cl)ccc1-n1cnnn1)c1nc-2c(Cl)[nH]1. The first-order valence-corrected chi connectivity index (χ1v) is 14.5. The number of halogens is 2. The van der Waals surface area contributed by atoms with E-state index in [1.807, 2.05) is 6.92 Å². The van der Waals surface area contributed by atoms with Gasteiger partial charge in [0.05, 0.1) is 24.5 Å². The Balaban J connectivity index is 1.44. The number of nitrogens with one attached hydrogen (secondary N) is 4. The summed E-state index contributed by atoms with van der Waals surface area (Å²) in [6, 6.07) is 9.63. The minimum atomic E-state index is -0.649. The lowest BCUT2D eigenvalue weighted by Gasteiger charge is -2.17. The molecule has 0 spiro atoms. The molecule has 0 saturated carbocycles. The monoisotopic (exact) mass is 637 g/mol. The number of H-pyrrole nitrogens is 1. The van der Waals surface area contributed by atoms with Crippen LogP contribution in [0, 0.1) is 5.92 Å². The van der Waals surface area contributed by atoms with E-state index in [-0.39, 0.29) is 29.3 Å². The molecule has 4 aromatic rings. The van der Waals surface area contributed by atoms with Gasteiger partial charge in [-0.3, -0.25) is 14.9 Å². The molecule has 0 aliphatic carbocycles. The molecule has 44 heavy (non-hydrogen) atoms. The Morgan fingerprint density at radius 2 is 2.00 bits per heavy atom. The summed E-state index contributed by atoms with van der Waals surface area (Å²) in [4.78, 5) is 45.8. The minimum absolute atomic E-state index is 0.0780. The maximum atomic E-state index is 13.2. The number of aromatic amines is 1. The molecule has 3 heterocycles. The molecule has 1 aliphatic heterocycles. The second-order valence-corrected chi connectivity index (χ2v) is 11.1. The molecular weight excluding hydrogens is 609 g/mol. The molecule has 1 aliphatic rings. The van der Waals surface area contributed by atoms with Crippen molar-refractivity contribution in [3.63, 3.8) is 0 Å². The smallest absolute Gasteiger partial charge is 0.411 e. The highest BCUT2D eigenvalue weighted by Gasteiger charge is 2.24. The van der Waals surface area contributed by atoms with Crippen LogP contribution in [0.25, 0.3) is 23.0 Å².